The largest absolute Gasteiger partial charge is 0.391 e. The average molecular weight is 308 g/mol. The van der Waals surface area contributed by atoms with Crippen LogP contribution >= 0.6 is 0 Å². The zero-order valence-corrected chi connectivity index (χ0v) is 13.1. The van der Waals surface area contributed by atoms with Gasteiger partial charge >= 0.3 is 0 Å². The van der Waals surface area contributed by atoms with E-state index >= 15 is 0 Å². The zero-order valence-electron chi connectivity index (χ0n) is 13.1. The summed E-state index contributed by atoms with van der Waals surface area (Å²) in [6, 6.07) is 14.0. The Morgan fingerprint density at radius 2 is 1.91 bits per heavy atom. The highest BCUT2D eigenvalue weighted by molar-refractivity contribution is 6.28. The smallest absolute Gasteiger partial charge is 0.255 e. The van der Waals surface area contributed by atoms with Crippen molar-refractivity contribution in [2.45, 2.75) is 25.0 Å². The van der Waals surface area contributed by atoms with Gasteiger partial charge in [-0.05, 0) is 36.1 Å². The fourth-order valence-corrected chi connectivity index (χ4v) is 3.85. The van der Waals surface area contributed by atoms with Gasteiger partial charge in [0.25, 0.3) is 5.91 Å². The summed E-state index contributed by atoms with van der Waals surface area (Å²) in [5.74, 6) is 0.0419. The first-order valence-electron chi connectivity index (χ1n) is 8.04. The first kappa shape index (κ1) is 14.3. The highest BCUT2D eigenvalue weighted by Crippen LogP contribution is 2.40. The number of aliphatic hydroxyl groups excluding tert-OH is 1. The molecule has 4 rings (SSSR count). The number of hydrogen-bond acceptors (Lipinski definition) is 2. The Balaban J connectivity index is 1.90. The van der Waals surface area contributed by atoms with Crippen LogP contribution in [0, 0.1) is 0 Å². The molecule has 0 radical (unpaired) electrons. The fraction of sp³-hybridized carbons (Fsp3) is 0.316. The lowest BCUT2D eigenvalue weighted by atomic mass is 9.88. The minimum atomic E-state index is -0.409. The molecule has 1 amide bonds. The molecule has 0 bridgehead atoms. The van der Waals surface area contributed by atoms with Gasteiger partial charge in [-0.3, -0.25) is 4.79 Å². The summed E-state index contributed by atoms with van der Waals surface area (Å²) < 4.78 is 2.06. The molecule has 2 aliphatic heterocycles. The maximum Gasteiger partial charge on any atom is 0.255 e. The van der Waals surface area contributed by atoms with Crippen molar-refractivity contribution in [3.8, 4) is 0 Å². The Morgan fingerprint density at radius 3 is 2.61 bits per heavy atom. The van der Waals surface area contributed by atoms with Crippen LogP contribution in [0.1, 0.15) is 24.1 Å². The Kier molecular flexibility index (Phi) is 3.34. The number of benzene rings is 1. The topological polar surface area (TPSA) is 45.5 Å². The Bertz CT molecular complexity index is 776. The second kappa shape index (κ2) is 5.39. The number of aryl methyl sites for hydroxylation is 1. The van der Waals surface area contributed by atoms with Gasteiger partial charge in [0.15, 0.2) is 0 Å². The molecule has 1 saturated heterocycles. The molecule has 2 aliphatic rings. The molecule has 23 heavy (non-hydrogen) atoms. The second-order valence-electron chi connectivity index (χ2n) is 6.43. The molecule has 2 atom stereocenters. The maximum absolute atomic E-state index is 13.1. The van der Waals surface area contributed by atoms with Crippen LogP contribution in [0.15, 0.2) is 48.7 Å². The van der Waals surface area contributed by atoms with Crippen LogP contribution in [0.2, 0.25) is 0 Å². The molecule has 1 fully saturated rings. The normalized spacial score (nSPS) is 24.3. The first-order chi connectivity index (χ1) is 11.1. The fourth-order valence-electron chi connectivity index (χ4n) is 3.85. The maximum atomic E-state index is 13.1. The standard InChI is InChI=1S/C19H20N2O2/c1-20-9-5-8-17(20)16-11-14-10-15(22)12-21(14)19(23)18(16)13-6-3-2-4-7-13/h2-9,14-15,22H,10-12H2,1H3/t14-,15-/m1/s1. The first-order valence-corrected chi connectivity index (χ1v) is 8.04. The molecule has 1 aromatic carbocycles. The Morgan fingerprint density at radius 1 is 1.13 bits per heavy atom. The molecule has 0 saturated carbocycles. The number of aliphatic hydroxyl groups is 1. The molecule has 1 aromatic heterocycles. The summed E-state index contributed by atoms with van der Waals surface area (Å²) in [5.41, 5.74) is 3.90. The molecule has 0 aliphatic carbocycles. The van der Waals surface area contributed by atoms with Gasteiger partial charge in [-0.1, -0.05) is 30.3 Å². The lowest BCUT2D eigenvalue weighted by molar-refractivity contribution is -0.126. The number of carbonyl (C=O) groups is 1. The highest BCUT2D eigenvalue weighted by Gasteiger charge is 2.41. The minimum Gasteiger partial charge on any atom is -0.391 e. The van der Waals surface area contributed by atoms with Crippen LogP contribution < -0.4 is 0 Å². The monoisotopic (exact) mass is 308 g/mol. The summed E-state index contributed by atoms with van der Waals surface area (Å²) in [5, 5.41) is 9.99. The van der Waals surface area contributed by atoms with E-state index in [0.29, 0.717) is 13.0 Å². The number of amides is 1. The van der Waals surface area contributed by atoms with E-state index in [4.69, 9.17) is 0 Å². The van der Waals surface area contributed by atoms with Gasteiger partial charge in [0.1, 0.15) is 0 Å². The summed E-state index contributed by atoms with van der Waals surface area (Å²) in [6.45, 7) is 0.445. The molecule has 2 aromatic rings. The number of rotatable bonds is 2. The van der Waals surface area contributed by atoms with E-state index in [-0.39, 0.29) is 11.9 Å². The number of fused-ring (bicyclic) bond motifs is 1. The van der Waals surface area contributed by atoms with E-state index in [0.717, 1.165) is 28.8 Å². The Labute approximate surface area is 135 Å². The van der Waals surface area contributed by atoms with Crippen molar-refractivity contribution < 1.29 is 9.90 Å². The van der Waals surface area contributed by atoms with Crippen molar-refractivity contribution in [3.05, 3.63) is 59.9 Å². The van der Waals surface area contributed by atoms with E-state index in [1.54, 1.807) is 0 Å². The van der Waals surface area contributed by atoms with Gasteiger partial charge in [-0.25, -0.2) is 0 Å². The summed E-state index contributed by atoms with van der Waals surface area (Å²) in [4.78, 5) is 15.0. The lowest BCUT2D eigenvalue weighted by Crippen LogP contribution is -2.40. The van der Waals surface area contributed by atoms with Crippen LogP contribution in [0.25, 0.3) is 11.1 Å². The molecule has 4 heteroatoms. The van der Waals surface area contributed by atoms with E-state index in [2.05, 4.69) is 10.6 Å². The predicted molar refractivity (Wildman–Crippen MR) is 89.4 cm³/mol. The van der Waals surface area contributed by atoms with Crippen molar-refractivity contribution in [1.29, 1.82) is 0 Å². The molecule has 0 spiro atoms. The van der Waals surface area contributed by atoms with Crippen LogP contribution in [0.3, 0.4) is 0 Å². The van der Waals surface area contributed by atoms with Crippen molar-refractivity contribution in [2.75, 3.05) is 6.54 Å². The average Bonchev–Trinajstić information content (AvgIpc) is 3.13. The second-order valence-corrected chi connectivity index (χ2v) is 6.43. The zero-order chi connectivity index (χ0) is 16.0. The molecule has 1 N–H and O–H groups in total. The van der Waals surface area contributed by atoms with E-state index in [1.165, 1.54) is 0 Å². The van der Waals surface area contributed by atoms with E-state index in [9.17, 15) is 9.90 Å². The van der Waals surface area contributed by atoms with Gasteiger partial charge in [0, 0.05) is 31.5 Å². The van der Waals surface area contributed by atoms with Gasteiger partial charge in [0.2, 0.25) is 0 Å². The number of hydrogen-bond donors (Lipinski definition) is 1. The number of aromatic nitrogens is 1. The summed E-state index contributed by atoms with van der Waals surface area (Å²) in [6.07, 6.45) is 3.06. The lowest BCUT2D eigenvalue weighted by Gasteiger charge is -2.33. The van der Waals surface area contributed by atoms with Crippen LogP contribution in [0.5, 0.6) is 0 Å². The molecular formula is C19H20N2O2. The predicted octanol–water partition coefficient (Wildman–Crippen LogP) is 2.30. The summed E-state index contributed by atoms with van der Waals surface area (Å²) >= 11 is 0. The minimum absolute atomic E-state index is 0.0419. The quantitative estimate of drug-likeness (QED) is 0.925. The Hall–Kier alpha value is -2.33. The van der Waals surface area contributed by atoms with Crippen LogP contribution in [0.4, 0.5) is 0 Å². The highest BCUT2D eigenvalue weighted by atomic mass is 16.3. The van der Waals surface area contributed by atoms with Gasteiger partial charge in [0.05, 0.1) is 11.7 Å². The SMILES string of the molecule is Cn1cccc1C1=C(c2ccccc2)C(=O)N2C[C@H](O)C[C@@H]2C1. The van der Waals surface area contributed by atoms with Crippen LogP contribution in [-0.2, 0) is 11.8 Å². The number of nitrogens with zero attached hydrogens (tertiary/aromatic N) is 2. The summed E-state index contributed by atoms with van der Waals surface area (Å²) in [7, 11) is 2.01. The van der Waals surface area contributed by atoms with E-state index < -0.39 is 6.10 Å². The van der Waals surface area contributed by atoms with Crippen molar-refractivity contribution in [2.24, 2.45) is 7.05 Å². The third-order valence-electron chi connectivity index (χ3n) is 4.92. The van der Waals surface area contributed by atoms with Crippen molar-refractivity contribution in [3.63, 3.8) is 0 Å². The molecule has 4 nitrogen and oxygen atoms in total. The van der Waals surface area contributed by atoms with Crippen molar-refractivity contribution >= 4 is 17.1 Å². The van der Waals surface area contributed by atoms with Gasteiger partial charge in [-0.2, -0.15) is 0 Å². The molecule has 0 unspecified atom stereocenters. The van der Waals surface area contributed by atoms with Gasteiger partial charge < -0.3 is 14.6 Å². The van der Waals surface area contributed by atoms with Crippen LogP contribution in [-0.4, -0.2) is 39.2 Å². The molecular weight excluding hydrogens is 288 g/mol. The molecule has 3 heterocycles. The molecule has 118 valence electrons. The van der Waals surface area contributed by atoms with Gasteiger partial charge in [-0.15, -0.1) is 0 Å². The third-order valence-corrected chi connectivity index (χ3v) is 4.92. The third kappa shape index (κ3) is 2.30. The van der Waals surface area contributed by atoms with Crippen molar-refractivity contribution in [1.82, 2.24) is 9.47 Å². The number of carbonyl (C=O) groups excluding carboxylic acids is 1. The van der Waals surface area contributed by atoms with E-state index in [1.807, 2.05) is 54.5 Å².